The van der Waals surface area contributed by atoms with Gasteiger partial charge in [0.05, 0.1) is 25.3 Å². The van der Waals surface area contributed by atoms with Crippen LogP contribution in [-0.2, 0) is 16.0 Å². The van der Waals surface area contributed by atoms with Crippen LogP contribution in [0.2, 0.25) is 0 Å². The summed E-state index contributed by atoms with van der Waals surface area (Å²) in [7, 11) is 0. The van der Waals surface area contributed by atoms with E-state index in [4.69, 9.17) is 9.26 Å². The number of morpholine rings is 1. The van der Waals surface area contributed by atoms with Crippen LogP contribution in [0, 0.1) is 13.8 Å². The molecule has 23 heavy (non-hydrogen) atoms. The molecule has 2 saturated heterocycles. The van der Waals surface area contributed by atoms with Crippen LogP contribution in [-0.4, -0.2) is 65.9 Å². The van der Waals surface area contributed by atoms with Crippen molar-refractivity contribution in [2.45, 2.75) is 32.2 Å². The van der Waals surface area contributed by atoms with Gasteiger partial charge in [-0.05, 0) is 26.0 Å². The smallest absolute Gasteiger partial charge is 0.224 e. The van der Waals surface area contributed by atoms with Gasteiger partial charge < -0.3 is 14.6 Å². The van der Waals surface area contributed by atoms with Gasteiger partial charge in [0.1, 0.15) is 5.76 Å². The van der Waals surface area contributed by atoms with Crippen molar-refractivity contribution in [2.24, 2.45) is 0 Å². The lowest BCUT2D eigenvalue weighted by molar-refractivity contribution is -0.121. The summed E-state index contributed by atoms with van der Waals surface area (Å²) in [6.07, 6.45) is 1.47. The average molecular weight is 339 g/mol. The first-order valence-electron chi connectivity index (χ1n) is 8.20. The molecule has 0 saturated carbocycles. The van der Waals surface area contributed by atoms with Crippen LogP contribution in [0.25, 0.3) is 0 Å². The fourth-order valence-electron chi connectivity index (χ4n) is 3.38. The van der Waals surface area contributed by atoms with Gasteiger partial charge in [0.25, 0.3) is 0 Å². The summed E-state index contributed by atoms with van der Waals surface area (Å²) in [6, 6.07) is 0. The quantitative estimate of drug-likeness (QED) is 0.868. The van der Waals surface area contributed by atoms with Crippen molar-refractivity contribution in [3.8, 4) is 0 Å². The van der Waals surface area contributed by atoms with E-state index in [2.05, 4.69) is 15.4 Å². The standard InChI is InChI=1S/C16H25N3O3S/c1-12-14(13(2)22-18-12)9-15(20)17-10-16(3-8-23-11-16)19-4-6-21-7-5-19/h3-11H2,1-2H3,(H,17,20). The molecular formula is C16H25N3O3S. The minimum Gasteiger partial charge on any atom is -0.379 e. The number of carbonyl (C=O) groups excluding carboxylic acids is 1. The van der Waals surface area contributed by atoms with Crippen molar-refractivity contribution in [3.63, 3.8) is 0 Å². The molecule has 0 aliphatic carbocycles. The van der Waals surface area contributed by atoms with Crippen molar-refractivity contribution in [1.82, 2.24) is 15.4 Å². The number of ether oxygens (including phenoxy) is 1. The fourth-order valence-corrected chi connectivity index (χ4v) is 4.85. The first kappa shape index (κ1) is 16.8. The highest BCUT2D eigenvalue weighted by Crippen LogP contribution is 2.33. The summed E-state index contributed by atoms with van der Waals surface area (Å²) in [5, 5.41) is 7.06. The third kappa shape index (κ3) is 3.72. The molecule has 1 N–H and O–H groups in total. The van der Waals surface area contributed by atoms with E-state index >= 15 is 0 Å². The van der Waals surface area contributed by atoms with Gasteiger partial charge in [0, 0.05) is 36.5 Å². The van der Waals surface area contributed by atoms with Gasteiger partial charge in [-0.25, -0.2) is 0 Å². The Labute approximate surface area is 141 Å². The number of nitrogens with zero attached hydrogens (tertiary/aromatic N) is 2. The topological polar surface area (TPSA) is 67.6 Å². The Morgan fingerprint density at radius 1 is 1.39 bits per heavy atom. The summed E-state index contributed by atoms with van der Waals surface area (Å²) in [5.41, 5.74) is 1.80. The van der Waals surface area contributed by atoms with E-state index in [1.807, 2.05) is 25.6 Å². The molecule has 1 atom stereocenters. The monoisotopic (exact) mass is 339 g/mol. The van der Waals surface area contributed by atoms with Crippen LogP contribution >= 0.6 is 11.8 Å². The molecule has 0 aromatic carbocycles. The fraction of sp³-hybridized carbons (Fsp3) is 0.750. The molecule has 2 fully saturated rings. The average Bonchev–Trinajstić information content (AvgIpc) is 3.17. The Hall–Kier alpha value is -1.05. The van der Waals surface area contributed by atoms with E-state index in [9.17, 15) is 4.79 Å². The third-order valence-corrected chi connectivity index (χ3v) is 6.13. The Balaban J connectivity index is 1.59. The van der Waals surface area contributed by atoms with Gasteiger partial charge in [-0.2, -0.15) is 11.8 Å². The van der Waals surface area contributed by atoms with Crippen molar-refractivity contribution in [1.29, 1.82) is 0 Å². The van der Waals surface area contributed by atoms with E-state index < -0.39 is 0 Å². The molecule has 1 aromatic rings. The lowest BCUT2D eigenvalue weighted by atomic mass is 9.95. The molecule has 3 heterocycles. The summed E-state index contributed by atoms with van der Waals surface area (Å²) in [6.45, 7) is 7.94. The lowest BCUT2D eigenvalue weighted by Gasteiger charge is -2.43. The summed E-state index contributed by atoms with van der Waals surface area (Å²) < 4.78 is 10.6. The predicted molar refractivity (Wildman–Crippen MR) is 89.8 cm³/mol. The minimum absolute atomic E-state index is 0.0453. The number of hydrogen-bond donors (Lipinski definition) is 1. The number of hydrogen-bond acceptors (Lipinski definition) is 6. The molecule has 128 valence electrons. The predicted octanol–water partition coefficient (Wildman–Crippen LogP) is 1.16. The molecule has 0 radical (unpaired) electrons. The number of carbonyl (C=O) groups is 1. The number of aryl methyl sites for hydroxylation is 2. The van der Waals surface area contributed by atoms with Crippen LogP contribution in [0.1, 0.15) is 23.4 Å². The van der Waals surface area contributed by atoms with E-state index in [-0.39, 0.29) is 11.4 Å². The number of rotatable bonds is 5. The molecule has 2 aliphatic heterocycles. The second-order valence-corrected chi connectivity index (χ2v) is 7.49. The Bertz CT molecular complexity index is 529. The van der Waals surface area contributed by atoms with E-state index in [1.165, 1.54) is 0 Å². The highest BCUT2D eigenvalue weighted by Gasteiger charge is 2.40. The molecule has 1 amide bonds. The first-order valence-corrected chi connectivity index (χ1v) is 9.35. The molecular weight excluding hydrogens is 314 g/mol. The second kappa shape index (κ2) is 7.23. The SMILES string of the molecule is Cc1noc(C)c1CC(=O)NCC1(N2CCOCC2)CCSC1. The first-order chi connectivity index (χ1) is 11.1. The molecule has 3 rings (SSSR count). The van der Waals surface area contributed by atoms with Crippen molar-refractivity contribution >= 4 is 17.7 Å². The Morgan fingerprint density at radius 2 is 2.17 bits per heavy atom. The summed E-state index contributed by atoms with van der Waals surface area (Å²) in [4.78, 5) is 14.9. The van der Waals surface area contributed by atoms with Crippen LogP contribution in [0.15, 0.2) is 4.52 Å². The van der Waals surface area contributed by atoms with E-state index in [0.717, 1.165) is 61.2 Å². The van der Waals surface area contributed by atoms with Gasteiger partial charge >= 0.3 is 0 Å². The van der Waals surface area contributed by atoms with Crippen LogP contribution in [0.3, 0.4) is 0 Å². The Kier molecular flexibility index (Phi) is 5.28. The van der Waals surface area contributed by atoms with Gasteiger partial charge in [-0.3, -0.25) is 9.69 Å². The molecule has 6 nitrogen and oxygen atoms in total. The van der Waals surface area contributed by atoms with Gasteiger partial charge in [-0.15, -0.1) is 0 Å². The molecule has 1 unspecified atom stereocenters. The number of aromatic nitrogens is 1. The molecule has 1 aromatic heterocycles. The van der Waals surface area contributed by atoms with Crippen LogP contribution in [0.4, 0.5) is 0 Å². The molecule has 7 heteroatoms. The summed E-state index contributed by atoms with van der Waals surface area (Å²) >= 11 is 1.98. The maximum Gasteiger partial charge on any atom is 0.224 e. The van der Waals surface area contributed by atoms with Crippen LogP contribution < -0.4 is 5.32 Å². The van der Waals surface area contributed by atoms with E-state index in [1.54, 1.807) is 0 Å². The van der Waals surface area contributed by atoms with E-state index in [0.29, 0.717) is 13.0 Å². The maximum absolute atomic E-state index is 12.4. The largest absolute Gasteiger partial charge is 0.379 e. The van der Waals surface area contributed by atoms with Gasteiger partial charge in [0.2, 0.25) is 5.91 Å². The van der Waals surface area contributed by atoms with Gasteiger partial charge in [-0.1, -0.05) is 5.16 Å². The lowest BCUT2D eigenvalue weighted by Crippen LogP contribution is -2.59. The van der Waals surface area contributed by atoms with Crippen LogP contribution in [0.5, 0.6) is 0 Å². The zero-order valence-electron chi connectivity index (χ0n) is 13.9. The molecule has 0 spiro atoms. The number of nitrogens with one attached hydrogen (secondary N) is 1. The number of amides is 1. The molecule has 2 aliphatic rings. The van der Waals surface area contributed by atoms with Gasteiger partial charge in [0.15, 0.2) is 0 Å². The minimum atomic E-state index is 0.0453. The number of thioether (sulfide) groups is 1. The maximum atomic E-state index is 12.4. The zero-order chi connectivity index (χ0) is 16.3. The molecule has 0 bridgehead atoms. The second-order valence-electron chi connectivity index (χ2n) is 6.38. The van der Waals surface area contributed by atoms with Crippen molar-refractivity contribution in [2.75, 3.05) is 44.4 Å². The zero-order valence-corrected chi connectivity index (χ0v) is 14.7. The highest BCUT2D eigenvalue weighted by atomic mass is 32.2. The third-order valence-electron chi connectivity index (χ3n) is 4.90. The normalized spacial score (nSPS) is 25.7. The highest BCUT2D eigenvalue weighted by molar-refractivity contribution is 7.99. The van der Waals surface area contributed by atoms with Crippen molar-refractivity contribution < 1.29 is 14.1 Å². The van der Waals surface area contributed by atoms with Crippen molar-refractivity contribution in [3.05, 3.63) is 17.0 Å². The summed E-state index contributed by atoms with van der Waals surface area (Å²) in [5.74, 6) is 3.02. The Morgan fingerprint density at radius 3 is 2.78 bits per heavy atom.